The third kappa shape index (κ3) is 7.11. The molecule has 9 nitrogen and oxygen atoms in total. The van der Waals surface area contributed by atoms with Crippen LogP contribution in [0.2, 0.25) is 0 Å². The zero-order valence-electron chi connectivity index (χ0n) is 20.9. The summed E-state index contributed by atoms with van der Waals surface area (Å²) < 4.78 is 44.1. The highest BCUT2D eigenvalue weighted by Crippen LogP contribution is 2.28. The number of nitrogens with one attached hydrogen (secondary N) is 1. The summed E-state index contributed by atoms with van der Waals surface area (Å²) in [4.78, 5) is 12.8. The second-order valence-corrected chi connectivity index (χ2v) is 9.69. The molecule has 0 spiro atoms. The topological polar surface area (TPSA) is 107 Å². The highest BCUT2D eigenvalue weighted by Gasteiger charge is 2.27. The Labute approximate surface area is 217 Å². The lowest BCUT2D eigenvalue weighted by molar-refractivity contribution is -0.119. The van der Waals surface area contributed by atoms with Crippen LogP contribution in [0.25, 0.3) is 0 Å². The molecule has 0 radical (unpaired) electrons. The minimum atomic E-state index is -4.06. The van der Waals surface area contributed by atoms with Gasteiger partial charge in [0.15, 0.2) is 11.5 Å². The largest absolute Gasteiger partial charge is 0.497 e. The molecule has 0 aliphatic carbocycles. The number of carbonyl (C=O) groups is 1. The van der Waals surface area contributed by atoms with Gasteiger partial charge in [-0.05, 0) is 55.0 Å². The van der Waals surface area contributed by atoms with E-state index in [2.05, 4.69) is 17.1 Å². The van der Waals surface area contributed by atoms with Crippen LogP contribution in [0.15, 0.2) is 89.4 Å². The molecule has 0 bridgehead atoms. The van der Waals surface area contributed by atoms with Crippen LogP contribution in [-0.2, 0) is 14.8 Å². The molecule has 0 unspecified atom stereocenters. The highest BCUT2D eigenvalue weighted by atomic mass is 32.2. The van der Waals surface area contributed by atoms with Gasteiger partial charge in [-0.25, -0.2) is 13.8 Å². The van der Waals surface area contributed by atoms with E-state index in [1.165, 1.54) is 32.6 Å². The van der Waals surface area contributed by atoms with Crippen molar-refractivity contribution < 1.29 is 27.4 Å². The fourth-order valence-corrected chi connectivity index (χ4v) is 4.71. The third-order valence-electron chi connectivity index (χ3n) is 5.18. The van der Waals surface area contributed by atoms with E-state index in [0.29, 0.717) is 29.4 Å². The number of aryl methyl sites for hydroxylation is 1. The molecule has 1 N–H and O–H groups in total. The summed E-state index contributed by atoms with van der Waals surface area (Å²) in [5.74, 6) is 0.853. The van der Waals surface area contributed by atoms with Crippen molar-refractivity contribution in [2.24, 2.45) is 5.10 Å². The number of rotatable bonds is 12. The molecule has 0 aromatic heterocycles. The van der Waals surface area contributed by atoms with E-state index < -0.39 is 22.5 Å². The van der Waals surface area contributed by atoms with Gasteiger partial charge in [-0.2, -0.15) is 5.10 Å². The van der Waals surface area contributed by atoms with Crippen LogP contribution >= 0.6 is 0 Å². The second kappa shape index (κ2) is 12.6. The Hall–Kier alpha value is -4.31. The van der Waals surface area contributed by atoms with E-state index in [1.807, 2.05) is 6.92 Å². The molecule has 1 amide bonds. The maximum Gasteiger partial charge on any atom is 0.264 e. The Morgan fingerprint density at radius 3 is 2.46 bits per heavy atom. The van der Waals surface area contributed by atoms with Crippen molar-refractivity contribution in [2.45, 2.75) is 11.8 Å². The molecule has 0 atom stereocenters. The van der Waals surface area contributed by atoms with Gasteiger partial charge in [0.2, 0.25) is 0 Å². The molecule has 0 saturated heterocycles. The van der Waals surface area contributed by atoms with Crippen LogP contribution in [0.3, 0.4) is 0 Å². The molecule has 0 fully saturated rings. The monoisotopic (exact) mass is 523 g/mol. The quantitative estimate of drug-likeness (QED) is 0.219. The SMILES string of the molecule is C=CCOc1ccc(/C=N/NC(=O)CN(c2cccc(OC)c2)S(=O)(=O)c2ccc(C)cc2)cc1OC. The van der Waals surface area contributed by atoms with Crippen molar-refractivity contribution in [2.75, 3.05) is 31.7 Å². The minimum absolute atomic E-state index is 0.0584. The van der Waals surface area contributed by atoms with Gasteiger partial charge in [-0.3, -0.25) is 9.10 Å². The van der Waals surface area contributed by atoms with E-state index in [-0.39, 0.29) is 10.6 Å². The standard InChI is InChI=1S/C27H29N3O6S/c1-5-15-36-25-14-11-21(16-26(25)35-4)18-28-29-27(31)19-30(22-7-6-8-23(17-22)34-3)37(32,33)24-12-9-20(2)10-13-24/h5-14,16-18H,1,15,19H2,2-4H3,(H,29,31)/b28-18+. The number of ether oxygens (including phenoxy) is 3. The number of methoxy groups -OCH3 is 2. The Balaban J connectivity index is 1.81. The van der Waals surface area contributed by atoms with Crippen LogP contribution in [0.1, 0.15) is 11.1 Å². The van der Waals surface area contributed by atoms with E-state index in [1.54, 1.807) is 60.7 Å². The van der Waals surface area contributed by atoms with E-state index >= 15 is 0 Å². The first-order valence-electron chi connectivity index (χ1n) is 11.3. The first-order chi connectivity index (χ1) is 17.8. The predicted molar refractivity (Wildman–Crippen MR) is 143 cm³/mol. The van der Waals surface area contributed by atoms with Gasteiger partial charge in [-0.1, -0.05) is 36.4 Å². The molecular weight excluding hydrogens is 494 g/mol. The van der Waals surface area contributed by atoms with Crippen molar-refractivity contribution in [3.05, 3.63) is 90.5 Å². The molecule has 0 aliphatic heterocycles. The van der Waals surface area contributed by atoms with Crippen molar-refractivity contribution in [1.82, 2.24) is 5.43 Å². The van der Waals surface area contributed by atoms with Gasteiger partial charge in [-0.15, -0.1) is 0 Å². The number of carbonyl (C=O) groups excluding carboxylic acids is 1. The summed E-state index contributed by atoms with van der Waals surface area (Å²) >= 11 is 0. The zero-order valence-corrected chi connectivity index (χ0v) is 21.7. The molecule has 3 aromatic rings. The summed E-state index contributed by atoms with van der Waals surface area (Å²) in [5.41, 5.74) is 4.22. The van der Waals surface area contributed by atoms with Gasteiger partial charge >= 0.3 is 0 Å². The maximum absolute atomic E-state index is 13.5. The summed E-state index contributed by atoms with van der Waals surface area (Å²) in [6, 6.07) is 18.0. The highest BCUT2D eigenvalue weighted by molar-refractivity contribution is 7.92. The zero-order chi connectivity index (χ0) is 26.8. The maximum atomic E-state index is 13.5. The lowest BCUT2D eigenvalue weighted by Gasteiger charge is -2.24. The average molecular weight is 524 g/mol. The van der Waals surface area contributed by atoms with Crippen LogP contribution < -0.4 is 23.9 Å². The average Bonchev–Trinajstić information content (AvgIpc) is 2.91. The van der Waals surface area contributed by atoms with Crippen LogP contribution in [0.4, 0.5) is 5.69 Å². The Kier molecular flexibility index (Phi) is 9.28. The van der Waals surface area contributed by atoms with E-state index in [9.17, 15) is 13.2 Å². The number of benzene rings is 3. The van der Waals surface area contributed by atoms with Crippen LogP contribution in [0, 0.1) is 6.92 Å². The number of anilines is 1. The van der Waals surface area contributed by atoms with E-state index in [4.69, 9.17) is 14.2 Å². The van der Waals surface area contributed by atoms with Gasteiger partial charge in [0.05, 0.1) is 31.0 Å². The Morgan fingerprint density at radius 1 is 1.03 bits per heavy atom. The van der Waals surface area contributed by atoms with Crippen LogP contribution in [-0.4, -0.2) is 47.9 Å². The second-order valence-electron chi connectivity index (χ2n) is 7.83. The molecule has 0 saturated carbocycles. The summed E-state index contributed by atoms with van der Waals surface area (Å²) in [7, 11) is -1.07. The molecule has 37 heavy (non-hydrogen) atoms. The van der Waals surface area contributed by atoms with Gasteiger partial charge < -0.3 is 14.2 Å². The fourth-order valence-electron chi connectivity index (χ4n) is 3.30. The fraction of sp³-hybridized carbons (Fsp3) is 0.185. The molecule has 3 rings (SSSR count). The lowest BCUT2D eigenvalue weighted by atomic mass is 10.2. The Morgan fingerprint density at radius 2 is 1.78 bits per heavy atom. The third-order valence-corrected chi connectivity index (χ3v) is 6.97. The number of hydrogen-bond donors (Lipinski definition) is 1. The van der Waals surface area contributed by atoms with Gasteiger partial charge in [0.1, 0.15) is 18.9 Å². The minimum Gasteiger partial charge on any atom is -0.497 e. The van der Waals surface area contributed by atoms with Crippen molar-refractivity contribution in [3.8, 4) is 17.2 Å². The smallest absolute Gasteiger partial charge is 0.264 e. The summed E-state index contributed by atoms with van der Waals surface area (Å²) in [6.45, 7) is 5.30. The van der Waals surface area contributed by atoms with E-state index in [0.717, 1.165) is 9.87 Å². The predicted octanol–water partition coefficient (Wildman–Crippen LogP) is 3.92. The molecule has 10 heteroatoms. The molecule has 3 aromatic carbocycles. The van der Waals surface area contributed by atoms with Crippen LogP contribution in [0.5, 0.6) is 17.2 Å². The first-order valence-corrected chi connectivity index (χ1v) is 12.7. The number of hydrogen-bond acceptors (Lipinski definition) is 7. The Bertz CT molecular complexity index is 1370. The van der Waals surface area contributed by atoms with Crippen molar-refractivity contribution in [3.63, 3.8) is 0 Å². The number of sulfonamides is 1. The molecule has 0 aliphatic rings. The van der Waals surface area contributed by atoms with Gasteiger partial charge in [0, 0.05) is 6.07 Å². The van der Waals surface area contributed by atoms with Crippen molar-refractivity contribution >= 4 is 27.8 Å². The summed E-state index contributed by atoms with van der Waals surface area (Å²) in [5, 5.41) is 3.97. The number of nitrogens with zero attached hydrogens (tertiary/aromatic N) is 2. The lowest BCUT2D eigenvalue weighted by Crippen LogP contribution is -2.39. The molecule has 0 heterocycles. The normalized spacial score (nSPS) is 11.1. The number of amides is 1. The summed E-state index contributed by atoms with van der Waals surface area (Å²) in [6.07, 6.45) is 3.04. The van der Waals surface area contributed by atoms with Crippen molar-refractivity contribution in [1.29, 1.82) is 0 Å². The molecule has 194 valence electrons. The number of hydrazone groups is 1. The van der Waals surface area contributed by atoms with Gasteiger partial charge in [0.25, 0.3) is 15.9 Å². The molecular formula is C27H29N3O6S. The first kappa shape index (κ1) is 27.3.